The molecule has 7 rings (SSSR count). The number of anilines is 1. The molecule has 1 atom stereocenters. The van der Waals surface area contributed by atoms with E-state index in [1.165, 1.54) is 18.4 Å². The molecule has 1 saturated heterocycles. The van der Waals surface area contributed by atoms with Crippen LogP contribution in [0.5, 0.6) is 0 Å². The number of hydrogen-bond acceptors (Lipinski definition) is 4. The first-order chi connectivity index (χ1) is 21.5. The van der Waals surface area contributed by atoms with Gasteiger partial charge in [0.1, 0.15) is 11.3 Å². The molecule has 222 valence electrons. The molecule has 1 aliphatic carbocycles. The van der Waals surface area contributed by atoms with Crippen molar-refractivity contribution in [3.63, 3.8) is 0 Å². The molecule has 2 heterocycles. The molecular weight excluding hydrogens is 585 g/mol. The van der Waals surface area contributed by atoms with Crippen LogP contribution in [0, 0.1) is 0 Å². The number of benzene rings is 4. The largest absolute Gasteiger partial charge is 0.501 e. The topological polar surface area (TPSA) is 41.7 Å². The molecule has 0 radical (unpaired) electrons. The maximum Gasteiger partial charge on any atom is 0.121 e. The third-order valence-electron chi connectivity index (χ3n) is 9.17. The average Bonchev–Trinajstić information content (AvgIpc) is 3.57. The van der Waals surface area contributed by atoms with Crippen molar-refractivity contribution in [2.24, 2.45) is 5.73 Å². The molecule has 4 nitrogen and oxygen atoms in total. The van der Waals surface area contributed by atoms with E-state index in [-0.39, 0.29) is 0 Å². The quantitative estimate of drug-likeness (QED) is 0.210. The molecule has 2 aliphatic heterocycles. The average molecular weight is 621 g/mol. The monoisotopic (exact) mass is 619 g/mol. The summed E-state index contributed by atoms with van der Waals surface area (Å²) in [5.74, 6) is 0.868. The first-order valence-corrected chi connectivity index (χ1v) is 15.9. The van der Waals surface area contributed by atoms with Crippen molar-refractivity contribution in [2.45, 2.75) is 31.3 Å². The fraction of sp³-hybridized carbons (Fsp3) is 0.211. The second kappa shape index (κ2) is 11.9. The lowest BCUT2D eigenvalue weighted by molar-refractivity contribution is 0.282. The van der Waals surface area contributed by atoms with Crippen molar-refractivity contribution in [3.05, 3.63) is 164 Å². The number of halogens is 2. The highest BCUT2D eigenvalue weighted by Gasteiger charge is 2.47. The van der Waals surface area contributed by atoms with E-state index in [2.05, 4.69) is 82.6 Å². The number of nitrogens with zero attached hydrogens (tertiary/aromatic N) is 2. The number of rotatable bonds is 7. The molecule has 2 N–H and O–H groups in total. The third kappa shape index (κ3) is 4.92. The highest BCUT2D eigenvalue weighted by atomic mass is 35.5. The summed E-state index contributed by atoms with van der Waals surface area (Å²) in [6.45, 7) is 3.28. The maximum absolute atomic E-state index is 6.97. The molecule has 6 heteroatoms. The fourth-order valence-electron chi connectivity index (χ4n) is 7.06. The summed E-state index contributed by atoms with van der Waals surface area (Å²) in [4.78, 5) is 4.96. The molecule has 1 unspecified atom stereocenters. The molecule has 3 aliphatic rings. The second-order valence-corrected chi connectivity index (χ2v) is 12.6. The van der Waals surface area contributed by atoms with Crippen LogP contribution in [0.15, 0.2) is 126 Å². The van der Waals surface area contributed by atoms with Crippen molar-refractivity contribution in [2.75, 3.05) is 25.1 Å². The van der Waals surface area contributed by atoms with Crippen LogP contribution in [-0.4, -0.2) is 25.1 Å². The van der Waals surface area contributed by atoms with Crippen LogP contribution in [0.4, 0.5) is 5.69 Å². The van der Waals surface area contributed by atoms with Gasteiger partial charge in [0.15, 0.2) is 0 Å². The van der Waals surface area contributed by atoms with Gasteiger partial charge in [-0.1, -0.05) is 89.9 Å². The Morgan fingerprint density at radius 3 is 2.09 bits per heavy atom. The highest BCUT2D eigenvalue weighted by molar-refractivity contribution is 6.31. The molecule has 0 spiro atoms. The molecule has 4 aromatic rings. The van der Waals surface area contributed by atoms with Crippen molar-refractivity contribution >= 4 is 34.6 Å². The van der Waals surface area contributed by atoms with E-state index in [4.69, 9.17) is 33.7 Å². The highest BCUT2D eigenvalue weighted by Crippen LogP contribution is 2.53. The Bertz CT molecular complexity index is 1770. The van der Waals surface area contributed by atoms with E-state index in [0.717, 1.165) is 70.3 Å². The summed E-state index contributed by atoms with van der Waals surface area (Å²) in [5, 5.41) is 1.33. The van der Waals surface area contributed by atoms with Crippen molar-refractivity contribution in [1.29, 1.82) is 0 Å². The van der Waals surface area contributed by atoms with E-state index in [9.17, 15) is 0 Å². The smallest absolute Gasteiger partial charge is 0.121 e. The lowest BCUT2D eigenvalue weighted by atomic mass is 9.73. The zero-order chi connectivity index (χ0) is 30.3. The van der Waals surface area contributed by atoms with Gasteiger partial charge < -0.3 is 15.4 Å². The van der Waals surface area contributed by atoms with Gasteiger partial charge in [0.2, 0.25) is 0 Å². The Kier molecular flexibility index (Phi) is 7.75. The van der Waals surface area contributed by atoms with Gasteiger partial charge in [0.25, 0.3) is 0 Å². The number of fused-ring (bicyclic) bond motifs is 2. The Hall–Kier alpha value is -3.96. The van der Waals surface area contributed by atoms with Gasteiger partial charge in [-0.05, 0) is 90.7 Å². The van der Waals surface area contributed by atoms with Crippen molar-refractivity contribution in [1.82, 2.24) is 4.90 Å². The second-order valence-electron chi connectivity index (χ2n) is 11.7. The summed E-state index contributed by atoms with van der Waals surface area (Å²) in [6.07, 6.45) is 7.31. The van der Waals surface area contributed by atoms with Crippen LogP contribution in [0.2, 0.25) is 10.0 Å². The summed E-state index contributed by atoms with van der Waals surface area (Å²) < 4.78 is 5.72. The standard InChI is InChI=1S/C38H35Cl2N3O/c1-44-32-18-20-35-34(24-32)37(41)33-19-17-31(40)23-36(33)43(35)38(27-7-3-2-4-8-27,29-13-15-30(39)16-14-29)28-11-9-26(10-12-28)25-42-21-5-6-22-42/h2-4,7-20,23H,5-6,21-22,24-25,41H2,1H3. The summed E-state index contributed by atoms with van der Waals surface area (Å²) in [5.41, 5.74) is 15.5. The normalized spacial score (nSPS) is 17.8. The third-order valence-corrected chi connectivity index (χ3v) is 9.66. The minimum atomic E-state index is -0.798. The molecule has 0 amide bonds. The maximum atomic E-state index is 6.97. The van der Waals surface area contributed by atoms with E-state index in [1.54, 1.807) is 7.11 Å². The first-order valence-electron chi connectivity index (χ1n) is 15.2. The zero-order valence-electron chi connectivity index (χ0n) is 24.8. The molecule has 1 fully saturated rings. The Morgan fingerprint density at radius 1 is 0.773 bits per heavy atom. The number of allylic oxidation sites excluding steroid dienone is 4. The molecule has 0 saturated carbocycles. The van der Waals surface area contributed by atoms with Gasteiger partial charge in [-0.3, -0.25) is 4.90 Å². The van der Waals surface area contributed by atoms with Crippen LogP contribution < -0.4 is 10.6 Å². The first kappa shape index (κ1) is 28.8. The van der Waals surface area contributed by atoms with Gasteiger partial charge in [-0.25, -0.2) is 0 Å². The zero-order valence-corrected chi connectivity index (χ0v) is 26.3. The minimum Gasteiger partial charge on any atom is -0.501 e. The van der Waals surface area contributed by atoms with E-state index in [1.807, 2.05) is 36.4 Å². The van der Waals surface area contributed by atoms with E-state index in [0.29, 0.717) is 16.5 Å². The lowest BCUT2D eigenvalue weighted by Crippen LogP contribution is -2.50. The SMILES string of the molecule is COC1=CC=C2C(=C(N)c3ccc(Cl)cc3N2C(c2ccccc2)(c2ccc(Cl)cc2)c2ccc(CN3CCCC3)cc2)C1. The van der Waals surface area contributed by atoms with Crippen LogP contribution in [0.1, 0.15) is 47.1 Å². The van der Waals surface area contributed by atoms with Crippen LogP contribution >= 0.6 is 23.2 Å². The number of nitrogens with two attached hydrogens (primary N) is 1. The molecule has 0 bridgehead atoms. The van der Waals surface area contributed by atoms with E-state index >= 15 is 0 Å². The van der Waals surface area contributed by atoms with Gasteiger partial charge in [0.05, 0.1) is 12.8 Å². The van der Waals surface area contributed by atoms with Gasteiger partial charge >= 0.3 is 0 Å². The van der Waals surface area contributed by atoms with Crippen molar-refractivity contribution in [3.8, 4) is 0 Å². The Morgan fingerprint density at radius 2 is 1.41 bits per heavy atom. The van der Waals surface area contributed by atoms with E-state index < -0.39 is 5.54 Å². The van der Waals surface area contributed by atoms with Crippen molar-refractivity contribution < 1.29 is 4.74 Å². The Balaban J connectivity index is 1.54. The Labute approximate surface area is 269 Å². The number of ether oxygens (including phenoxy) is 1. The number of likely N-dealkylation sites (tertiary alicyclic amines) is 1. The molecule has 0 aromatic heterocycles. The number of hydrogen-bond donors (Lipinski definition) is 1. The summed E-state index contributed by atoms with van der Waals surface area (Å²) >= 11 is 13.3. The fourth-order valence-corrected chi connectivity index (χ4v) is 7.35. The number of methoxy groups -OCH3 is 1. The summed E-state index contributed by atoms with van der Waals surface area (Å²) in [6, 6.07) is 34.0. The summed E-state index contributed by atoms with van der Waals surface area (Å²) in [7, 11) is 1.71. The van der Waals surface area contributed by atoms with Crippen LogP contribution in [0.3, 0.4) is 0 Å². The van der Waals surface area contributed by atoms with Crippen LogP contribution in [0.25, 0.3) is 5.70 Å². The van der Waals surface area contributed by atoms with Gasteiger partial charge in [-0.15, -0.1) is 0 Å². The van der Waals surface area contributed by atoms with Gasteiger partial charge in [0, 0.05) is 45.5 Å². The molecule has 44 heavy (non-hydrogen) atoms. The van der Waals surface area contributed by atoms with Gasteiger partial charge in [-0.2, -0.15) is 0 Å². The minimum absolute atomic E-state index is 0.590. The molecule has 4 aromatic carbocycles. The predicted molar refractivity (Wildman–Crippen MR) is 182 cm³/mol. The molecular formula is C38H35Cl2N3O. The van der Waals surface area contributed by atoms with Crippen LogP contribution in [-0.2, 0) is 16.8 Å². The predicted octanol–water partition coefficient (Wildman–Crippen LogP) is 8.89. The lowest BCUT2D eigenvalue weighted by Gasteiger charge is -2.51.